The molecule has 0 amide bonds. The molecule has 14 heavy (non-hydrogen) atoms. The molecule has 1 N–H and O–H groups in total. The zero-order valence-corrected chi connectivity index (χ0v) is 8.10. The summed E-state index contributed by atoms with van der Waals surface area (Å²) in [5.41, 5.74) is 0.916. The van der Waals surface area contributed by atoms with E-state index in [1.165, 1.54) is 0 Å². The molecule has 1 aromatic rings. The highest BCUT2D eigenvalue weighted by molar-refractivity contribution is 5.12. The minimum atomic E-state index is -0.382. The smallest absolute Gasteiger partial charge is 0.0834 e. The van der Waals surface area contributed by atoms with E-state index in [9.17, 15) is 5.11 Å². The van der Waals surface area contributed by atoms with E-state index in [1.807, 2.05) is 12.1 Å². The normalized spacial score (nSPS) is 20.6. The Bertz CT molecular complexity index is 270. The Labute approximate surface area is 83.7 Å². The maximum atomic E-state index is 10.0. The first-order chi connectivity index (χ1) is 6.88. The van der Waals surface area contributed by atoms with Crippen LogP contribution < -0.4 is 0 Å². The van der Waals surface area contributed by atoms with Crippen LogP contribution in [0.3, 0.4) is 0 Å². The summed E-state index contributed by atoms with van der Waals surface area (Å²) in [4.78, 5) is 4.01. The van der Waals surface area contributed by atoms with Crippen molar-refractivity contribution < 1.29 is 9.84 Å². The maximum absolute atomic E-state index is 10.0. The molecule has 1 aliphatic heterocycles. The first-order valence-corrected chi connectivity index (χ1v) is 5.03. The minimum absolute atomic E-state index is 0.327. The average Bonchev–Trinajstić information content (AvgIpc) is 2.30. The van der Waals surface area contributed by atoms with Gasteiger partial charge in [-0.25, -0.2) is 0 Å². The Morgan fingerprint density at radius 1 is 1.43 bits per heavy atom. The van der Waals surface area contributed by atoms with Gasteiger partial charge in [0.2, 0.25) is 0 Å². The lowest BCUT2D eigenvalue weighted by molar-refractivity contribution is 0.00706. The Morgan fingerprint density at radius 3 is 2.86 bits per heavy atom. The van der Waals surface area contributed by atoms with E-state index in [2.05, 4.69) is 4.98 Å². The van der Waals surface area contributed by atoms with Gasteiger partial charge in [0.25, 0.3) is 0 Å². The summed E-state index contributed by atoms with van der Waals surface area (Å²) < 4.78 is 5.26. The summed E-state index contributed by atoms with van der Waals surface area (Å²) in [6, 6.07) is 3.78. The Balaban J connectivity index is 2.03. The lowest BCUT2D eigenvalue weighted by Gasteiger charge is -2.26. The molecule has 1 aliphatic rings. The second-order valence-electron chi connectivity index (χ2n) is 3.68. The van der Waals surface area contributed by atoms with Gasteiger partial charge in [0.15, 0.2) is 0 Å². The summed E-state index contributed by atoms with van der Waals surface area (Å²) in [5.74, 6) is 0.327. The SMILES string of the molecule is O[C@@H](c1cccnc1)C1CCOCC1. The standard InChI is InChI=1S/C11H15NO2/c13-11(9-3-6-14-7-4-9)10-2-1-5-12-8-10/h1-2,5,8-9,11,13H,3-4,6-7H2/t11-/m1/s1. The molecule has 0 saturated carbocycles. The van der Waals surface area contributed by atoms with Crippen molar-refractivity contribution in [1.82, 2.24) is 4.98 Å². The molecule has 0 spiro atoms. The molecule has 1 saturated heterocycles. The highest BCUT2D eigenvalue weighted by Crippen LogP contribution is 2.29. The first-order valence-electron chi connectivity index (χ1n) is 5.03. The fraction of sp³-hybridized carbons (Fsp3) is 0.545. The summed E-state index contributed by atoms with van der Waals surface area (Å²) in [6.45, 7) is 1.53. The number of aliphatic hydroxyl groups excluding tert-OH is 1. The number of aliphatic hydroxyl groups is 1. The van der Waals surface area contributed by atoms with E-state index in [-0.39, 0.29) is 6.10 Å². The van der Waals surface area contributed by atoms with Crippen molar-refractivity contribution in [2.45, 2.75) is 18.9 Å². The second-order valence-corrected chi connectivity index (χ2v) is 3.68. The Morgan fingerprint density at radius 2 is 2.21 bits per heavy atom. The predicted octanol–water partition coefficient (Wildman–Crippen LogP) is 1.54. The van der Waals surface area contributed by atoms with E-state index in [4.69, 9.17) is 4.74 Å². The molecule has 3 heteroatoms. The summed E-state index contributed by atoms with van der Waals surface area (Å²) >= 11 is 0. The molecule has 3 nitrogen and oxygen atoms in total. The third-order valence-electron chi connectivity index (χ3n) is 2.74. The molecule has 1 fully saturated rings. The van der Waals surface area contributed by atoms with Crippen molar-refractivity contribution in [1.29, 1.82) is 0 Å². The number of ether oxygens (including phenoxy) is 1. The van der Waals surface area contributed by atoms with E-state index < -0.39 is 0 Å². The Hall–Kier alpha value is -0.930. The van der Waals surface area contributed by atoms with Crippen molar-refractivity contribution >= 4 is 0 Å². The maximum Gasteiger partial charge on any atom is 0.0834 e. The van der Waals surface area contributed by atoms with Crippen molar-refractivity contribution in [3.8, 4) is 0 Å². The number of hydrogen-bond donors (Lipinski definition) is 1. The number of hydrogen-bond acceptors (Lipinski definition) is 3. The topological polar surface area (TPSA) is 42.4 Å². The van der Waals surface area contributed by atoms with Gasteiger partial charge in [-0.1, -0.05) is 6.07 Å². The van der Waals surface area contributed by atoms with Gasteiger partial charge in [-0.15, -0.1) is 0 Å². The molecule has 0 bridgehead atoms. The van der Waals surface area contributed by atoms with Crippen LogP contribution in [0.4, 0.5) is 0 Å². The molecule has 0 radical (unpaired) electrons. The average molecular weight is 193 g/mol. The number of nitrogens with zero attached hydrogens (tertiary/aromatic N) is 1. The summed E-state index contributed by atoms with van der Waals surface area (Å²) in [5, 5.41) is 10.0. The van der Waals surface area contributed by atoms with Crippen LogP contribution in [0.5, 0.6) is 0 Å². The van der Waals surface area contributed by atoms with Crippen molar-refractivity contribution in [3.63, 3.8) is 0 Å². The van der Waals surface area contributed by atoms with Crippen molar-refractivity contribution in [2.24, 2.45) is 5.92 Å². The molecule has 76 valence electrons. The molecule has 0 aliphatic carbocycles. The van der Waals surface area contributed by atoms with Gasteiger partial charge in [0.1, 0.15) is 0 Å². The van der Waals surface area contributed by atoms with Crippen molar-refractivity contribution in [3.05, 3.63) is 30.1 Å². The molecule has 1 atom stereocenters. The minimum Gasteiger partial charge on any atom is -0.388 e. The fourth-order valence-corrected chi connectivity index (χ4v) is 1.85. The van der Waals surface area contributed by atoms with E-state index in [0.29, 0.717) is 5.92 Å². The van der Waals surface area contributed by atoms with Crippen LogP contribution in [-0.4, -0.2) is 23.3 Å². The zero-order valence-electron chi connectivity index (χ0n) is 8.10. The molecule has 1 aromatic heterocycles. The monoisotopic (exact) mass is 193 g/mol. The van der Waals surface area contributed by atoms with E-state index >= 15 is 0 Å². The lowest BCUT2D eigenvalue weighted by Crippen LogP contribution is -2.21. The van der Waals surface area contributed by atoms with Crippen LogP contribution >= 0.6 is 0 Å². The predicted molar refractivity (Wildman–Crippen MR) is 52.7 cm³/mol. The molecular formula is C11H15NO2. The number of rotatable bonds is 2. The first kappa shape index (κ1) is 9.62. The van der Waals surface area contributed by atoms with Gasteiger partial charge in [0, 0.05) is 25.6 Å². The van der Waals surface area contributed by atoms with Gasteiger partial charge >= 0.3 is 0 Å². The third-order valence-corrected chi connectivity index (χ3v) is 2.74. The Kier molecular flexibility index (Phi) is 3.11. The molecule has 2 heterocycles. The van der Waals surface area contributed by atoms with Gasteiger partial charge in [-0.2, -0.15) is 0 Å². The lowest BCUT2D eigenvalue weighted by atomic mass is 9.90. The number of pyridine rings is 1. The van der Waals surface area contributed by atoms with Crippen LogP contribution in [0.15, 0.2) is 24.5 Å². The highest BCUT2D eigenvalue weighted by Gasteiger charge is 2.23. The fourth-order valence-electron chi connectivity index (χ4n) is 1.85. The van der Waals surface area contributed by atoms with Gasteiger partial charge < -0.3 is 9.84 Å². The third kappa shape index (κ3) is 2.11. The molecule has 2 rings (SSSR count). The van der Waals surface area contributed by atoms with E-state index in [0.717, 1.165) is 31.6 Å². The van der Waals surface area contributed by atoms with Crippen molar-refractivity contribution in [2.75, 3.05) is 13.2 Å². The van der Waals surface area contributed by atoms with Crippen LogP contribution in [0, 0.1) is 5.92 Å². The van der Waals surface area contributed by atoms with E-state index in [1.54, 1.807) is 12.4 Å². The highest BCUT2D eigenvalue weighted by atomic mass is 16.5. The number of aromatic nitrogens is 1. The van der Waals surface area contributed by atoms with Gasteiger partial charge in [-0.05, 0) is 30.4 Å². The zero-order chi connectivity index (χ0) is 9.80. The molecule has 0 unspecified atom stereocenters. The van der Waals surface area contributed by atoms with Crippen LogP contribution in [0.25, 0.3) is 0 Å². The van der Waals surface area contributed by atoms with Crippen LogP contribution in [0.2, 0.25) is 0 Å². The van der Waals surface area contributed by atoms with Crippen LogP contribution in [-0.2, 0) is 4.74 Å². The quantitative estimate of drug-likeness (QED) is 0.774. The van der Waals surface area contributed by atoms with Gasteiger partial charge in [-0.3, -0.25) is 4.98 Å². The molecule has 0 aromatic carbocycles. The second kappa shape index (κ2) is 4.53. The largest absolute Gasteiger partial charge is 0.388 e. The molecular weight excluding hydrogens is 178 g/mol. The van der Waals surface area contributed by atoms with Crippen LogP contribution in [0.1, 0.15) is 24.5 Å². The van der Waals surface area contributed by atoms with Gasteiger partial charge in [0.05, 0.1) is 6.10 Å². The summed E-state index contributed by atoms with van der Waals surface area (Å²) in [7, 11) is 0. The summed E-state index contributed by atoms with van der Waals surface area (Å²) in [6.07, 6.45) is 4.96.